The van der Waals surface area contributed by atoms with Gasteiger partial charge in [-0.2, -0.15) is 0 Å². The Hall–Kier alpha value is -1.55. The summed E-state index contributed by atoms with van der Waals surface area (Å²) in [5, 5.41) is 3.09. The third-order valence-corrected chi connectivity index (χ3v) is 4.24. The van der Waals surface area contributed by atoms with E-state index < -0.39 is 0 Å². The maximum Gasteiger partial charge on any atom is 0.321 e. The van der Waals surface area contributed by atoms with Crippen molar-refractivity contribution in [3.63, 3.8) is 0 Å². The highest BCUT2D eigenvalue weighted by Gasteiger charge is 2.23. The van der Waals surface area contributed by atoms with E-state index in [1.807, 2.05) is 23.1 Å². The second-order valence-corrected chi connectivity index (χ2v) is 5.63. The molecule has 1 fully saturated rings. The number of rotatable bonds is 2. The predicted octanol–water partition coefficient (Wildman–Crippen LogP) is 2.58. The average molecular weight is 274 g/mol. The van der Waals surface area contributed by atoms with Gasteiger partial charge in [0.05, 0.1) is 0 Å². The van der Waals surface area contributed by atoms with Crippen LogP contribution in [0.2, 0.25) is 0 Å². The SMILES string of the molecule is O=C(NCC1CCOCC1)N1CCCc2ccccc21. The predicted molar refractivity (Wildman–Crippen MR) is 79.1 cm³/mol. The van der Waals surface area contributed by atoms with Crippen LogP contribution >= 0.6 is 0 Å². The van der Waals surface area contributed by atoms with Gasteiger partial charge in [0.25, 0.3) is 0 Å². The number of carbonyl (C=O) groups is 1. The van der Waals surface area contributed by atoms with Gasteiger partial charge in [-0.15, -0.1) is 0 Å². The van der Waals surface area contributed by atoms with E-state index >= 15 is 0 Å². The van der Waals surface area contributed by atoms with Crippen molar-refractivity contribution in [3.8, 4) is 0 Å². The Morgan fingerprint density at radius 2 is 2.10 bits per heavy atom. The number of benzene rings is 1. The van der Waals surface area contributed by atoms with E-state index in [0.29, 0.717) is 5.92 Å². The van der Waals surface area contributed by atoms with Crippen LogP contribution in [0.25, 0.3) is 0 Å². The normalized spacial score (nSPS) is 19.5. The maximum absolute atomic E-state index is 12.4. The molecule has 2 aliphatic rings. The lowest BCUT2D eigenvalue weighted by Crippen LogP contribution is -2.44. The lowest BCUT2D eigenvalue weighted by atomic mass is 10.0. The summed E-state index contributed by atoms with van der Waals surface area (Å²) in [4.78, 5) is 14.3. The summed E-state index contributed by atoms with van der Waals surface area (Å²) in [5.41, 5.74) is 2.35. The third kappa shape index (κ3) is 2.96. The number of aryl methyl sites for hydroxylation is 1. The number of amides is 2. The minimum atomic E-state index is 0.0450. The number of nitrogens with one attached hydrogen (secondary N) is 1. The van der Waals surface area contributed by atoms with Gasteiger partial charge >= 0.3 is 6.03 Å². The molecule has 3 rings (SSSR count). The zero-order chi connectivity index (χ0) is 13.8. The van der Waals surface area contributed by atoms with Crippen molar-refractivity contribution >= 4 is 11.7 Å². The van der Waals surface area contributed by atoms with Crippen LogP contribution in [0, 0.1) is 5.92 Å². The molecule has 0 radical (unpaired) electrons. The summed E-state index contributed by atoms with van der Waals surface area (Å²) >= 11 is 0. The quantitative estimate of drug-likeness (QED) is 0.900. The summed E-state index contributed by atoms with van der Waals surface area (Å²) < 4.78 is 5.35. The topological polar surface area (TPSA) is 41.6 Å². The molecule has 0 unspecified atom stereocenters. The van der Waals surface area contributed by atoms with Crippen molar-refractivity contribution in [2.24, 2.45) is 5.92 Å². The van der Waals surface area contributed by atoms with E-state index in [9.17, 15) is 4.79 Å². The van der Waals surface area contributed by atoms with Crippen LogP contribution in [0.4, 0.5) is 10.5 Å². The van der Waals surface area contributed by atoms with Gasteiger partial charge in [-0.25, -0.2) is 4.79 Å². The van der Waals surface area contributed by atoms with Gasteiger partial charge in [0.15, 0.2) is 0 Å². The smallest absolute Gasteiger partial charge is 0.321 e. The van der Waals surface area contributed by atoms with E-state index in [0.717, 1.165) is 57.7 Å². The molecule has 0 spiro atoms. The first-order valence-corrected chi connectivity index (χ1v) is 7.55. The molecule has 1 aromatic carbocycles. The molecule has 1 aromatic rings. The van der Waals surface area contributed by atoms with E-state index in [-0.39, 0.29) is 6.03 Å². The lowest BCUT2D eigenvalue weighted by molar-refractivity contribution is 0.0670. The molecule has 0 atom stereocenters. The fraction of sp³-hybridized carbons (Fsp3) is 0.562. The molecule has 0 saturated carbocycles. The Kier molecular flexibility index (Phi) is 4.21. The van der Waals surface area contributed by atoms with Crippen LogP contribution in [-0.4, -0.2) is 32.3 Å². The summed E-state index contributed by atoms with van der Waals surface area (Å²) in [6, 6.07) is 8.25. The summed E-state index contributed by atoms with van der Waals surface area (Å²) in [7, 11) is 0. The molecule has 4 heteroatoms. The van der Waals surface area contributed by atoms with Crippen molar-refractivity contribution in [3.05, 3.63) is 29.8 Å². The van der Waals surface area contributed by atoms with Crippen LogP contribution in [-0.2, 0) is 11.2 Å². The zero-order valence-corrected chi connectivity index (χ0v) is 11.8. The van der Waals surface area contributed by atoms with Gasteiger partial charge in [-0.1, -0.05) is 18.2 Å². The van der Waals surface area contributed by atoms with Crippen LogP contribution < -0.4 is 10.2 Å². The summed E-state index contributed by atoms with van der Waals surface area (Å²) in [6.07, 6.45) is 4.22. The molecule has 1 N–H and O–H groups in total. The van der Waals surface area contributed by atoms with Gasteiger partial charge in [0, 0.05) is 32.0 Å². The number of ether oxygens (including phenoxy) is 1. The molecular formula is C16H22N2O2. The van der Waals surface area contributed by atoms with Crippen molar-refractivity contribution in [1.82, 2.24) is 5.32 Å². The van der Waals surface area contributed by atoms with E-state index in [1.54, 1.807) is 0 Å². The van der Waals surface area contributed by atoms with Crippen molar-refractivity contribution in [1.29, 1.82) is 0 Å². The Bertz CT molecular complexity index is 469. The number of anilines is 1. The maximum atomic E-state index is 12.4. The molecule has 1 saturated heterocycles. The number of hydrogen-bond donors (Lipinski definition) is 1. The summed E-state index contributed by atoms with van der Waals surface area (Å²) in [6.45, 7) is 3.23. The van der Waals surface area contributed by atoms with Gasteiger partial charge in [-0.05, 0) is 43.2 Å². The molecule has 0 aromatic heterocycles. The van der Waals surface area contributed by atoms with Crippen molar-refractivity contribution in [2.75, 3.05) is 31.2 Å². The van der Waals surface area contributed by atoms with Crippen LogP contribution in [0.3, 0.4) is 0 Å². The molecular weight excluding hydrogens is 252 g/mol. The number of carbonyl (C=O) groups excluding carboxylic acids is 1. The number of para-hydroxylation sites is 1. The van der Waals surface area contributed by atoms with Crippen LogP contribution in [0.15, 0.2) is 24.3 Å². The highest BCUT2D eigenvalue weighted by molar-refractivity contribution is 5.93. The molecule has 2 aliphatic heterocycles. The standard InChI is InChI=1S/C16H22N2O2/c19-16(17-12-13-7-10-20-11-8-13)18-9-3-5-14-4-1-2-6-15(14)18/h1-2,4,6,13H,3,5,7-12H2,(H,17,19). The monoisotopic (exact) mass is 274 g/mol. The molecule has 20 heavy (non-hydrogen) atoms. The lowest BCUT2D eigenvalue weighted by Gasteiger charge is -2.30. The molecule has 2 amide bonds. The largest absolute Gasteiger partial charge is 0.381 e. The zero-order valence-electron chi connectivity index (χ0n) is 11.8. The minimum absolute atomic E-state index is 0.0450. The number of fused-ring (bicyclic) bond motifs is 1. The van der Waals surface area contributed by atoms with Gasteiger partial charge < -0.3 is 10.1 Å². The Morgan fingerprint density at radius 1 is 1.30 bits per heavy atom. The number of nitrogens with zero attached hydrogens (tertiary/aromatic N) is 1. The fourth-order valence-corrected chi connectivity index (χ4v) is 3.02. The first-order chi connectivity index (χ1) is 9.84. The van der Waals surface area contributed by atoms with E-state index in [2.05, 4.69) is 11.4 Å². The van der Waals surface area contributed by atoms with E-state index in [1.165, 1.54) is 5.56 Å². The molecule has 2 heterocycles. The molecule has 4 nitrogen and oxygen atoms in total. The third-order valence-electron chi connectivity index (χ3n) is 4.24. The number of urea groups is 1. The van der Waals surface area contributed by atoms with Crippen LogP contribution in [0.5, 0.6) is 0 Å². The van der Waals surface area contributed by atoms with Gasteiger partial charge in [0.1, 0.15) is 0 Å². The second kappa shape index (κ2) is 6.27. The minimum Gasteiger partial charge on any atom is -0.381 e. The van der Waals surface area contributed by atoms with E-state index in [4.69, 9.17) is 4.74 Å². The molecule has 0 bridgehead atoms. The Labute approximate surface area is 120 Å². The highest BCUT2D eigenvalue weighted by Crippen LogP contribution is 2.26. The first kappa shape index (κ1) is 13.4. The highest BCUT2D eigenvalue weighted by atomic mass is 16.5. The molecule has 0 aliphatic carbocycles. The molecule has 108 valence electrons. The van der Waals surface area contributed by atoms with Crippen molar-refractivity contribution in [2.45, 2.75) is 25.7 Å². The Balaban J connectivity index is 1.60. The van der Waals surface area contributed by atoms with Crippen molar-refractivity contribution < 1.29 is 9.53 Å². The average Bonchev–Trinajstić information content (AvgIpc) is 2.53. The fourth-order valence-electron chi connectivity index (χ4n) is 3.02. The number of hydrogen-bond acceptors (Lipinski definition) is 2. The van der Waals surface area contributed by atoms with Gasteiger partial charge in [-0.3, -0.25) is 4.90 Å². The summed E-state index contributed by atoms with van der Waals surface area (Å²) in [5.74, 6) is 0.563. The van der Waals surface area contributed by atoms with Gasteiger partial charge in [0.2, 0.25) is 0 Å². The second-order valence-electron chi connectivity index (χ2n) is 5.63. The Morgan fingerprint density at radius 3 is 2.95 bits per heavy atom. The van der Waals surface area contributed by atoms with Crippen LogP contribution in [0.1, 0.15) is 24.8 Å². The first-order valence-electron chi connectivity index (χ1n) is 7.55.